The summed E-state index contributed by atoms with van der Waals surface area (Å²) in [5.41, 5.74) is 3.12. The van der Waals surface area contributed by atoms with Crippen molar-refractivity contribution in [3.8, 4) is 5.75 Å². The largest absolute Gasteiger partial charge is 0.490 e. The molecule has 1 saturated heterocycles. The number of ether oxygens (including phenoxy) is 2. The van der Waals surface area contributed by atoms with Crippen molar-refractivity contribution in [2.75, 3.05) is 52.5 Å². The number of nitrogens with zero attached hydrogens (tertiary/aromatic N) is 2. The molecule has 1 N–H and O–H groups in total. The van der Waals surface area contributed by atoms with Gasteiger partial charge in [-0.25, -0.2) is 0 Å². The third-order valence-electron chi connectivity index (χ3n) is 6.13. The topological polar surface area (TPSA) is 62.2 Å². The van der Waals surface area contributed by atoms with Crippen molar-refractivity contribution in [2.24, 2.45) is 0 Å². The molecule has 1 fully saturated rings. The summed E-state index contributed by atoms with van der Waals surface area (Å²) in [7, 11) is 0. The van der Waals surface area contributed by atoms with Gasteiger partial charge in [-0.15, -0.1) is 0 Å². The van der Waals surface area contributed by atoms with E-state index < -0.39 is 6.10 Å². The zero-order valence-electron chi connectivity index (χ0n) is 19.5. The van der Waals surface area contributed by atoms with Crippen molar-refractivity contribution in [2.45, 2.75) is 12.5 Å². The number of para-hydroxylation sites is 1. The van der Waals surface area contributed by atoms with Gasteiger partial charge in [-0.3, -0.25) is 9.69 Å². The highest BCUT2D eigenvalue weighted by Gasteiger charge is 2.18. The fraction of sp³-hybridized carbons (Fsp3) is 0.370. The van der Waals surface area contributed by atoms with E-state index >= 15 is 0 Å². The molecule has 2 aliphatic heterocycles. The molecule has 2 aromatic rings. The highest BCUT2D eigenvalue weighted by molar-refractivity contribution is 6.42. The minimum atomic E-state index is -0.637. The molecule has 0 bridgehead atoms. The Morgan fingerprint density at radius 3 is 2.66 bits per heavy atom. The molecule has 0 aliphatic carbocycles. The molecule has 4 rings (SSSR count). The summed E-state index contributed by atoms with van der Waals surface area (Å²) >= 11 is 12.2. The van der Waals surface area contributed by atoms with Crippen LogP contribution in [-0.4, -0.2) is 79.5 Å². The van der Waals surface area contributed by atoms with Crippen LogP contribution in [0.25, 0.3) is 11.6 Å². The Bertz CT molecular complexity index is 1080. The van der Waals surface area contributed by atoms with E-state index in [0.717, 1.165) is 30.6 Å². The zero-order chi connectivity index (χ0) is 24.6. The summed E-state index contributed by atoms with van der Waals surface area (Å²) in [5.74, 6) is 0.597. The maximum absolute atomic E-state index is 12.4. The van der Waals surface area contributed by atoms with Crippen molar-refractivity contribution < 1.29 is 19.4 Å². The van der Waals surface area contributed by atoms with Gasteiger partial charge >= 0.3 is 0 Å². The van der Waals surface area contributed by atoms with Crippen LogP contribution in [0.15, 0.2) is 54.6 Å². The van der Waals surface area contributed by atoms with Crippen LogP contribution in [0.5, 0.6) is 5.75 Å². The van der Waals surface area contributed by atoms with Crippen LogP contribution in [-0.2, 0) is 9.53 Å². The number of halogens is 2. The van der Waals surface area contributed by atoms with Gasteiger partial charge in [0.15, 0.2) is 0 Å². The first-order valence-electron chi connectivity index (χ1n) is 11.8. The molecular formula is C27H30Cl2N2O4. The first kappa shape index (κ1) is 25.7. The molecule has 0 saturated carbocycles. The van der Waals surface area contributed by atoms with E-state index in [2.05, 4.69) is 11.0 Å². The number of aliphatic hydroxyl groups excluding tert-OH is 1. The lowest BCUT2D eigenvalue weighted by Gasteiger charge is -2.28. The molecule has 0 aromatic heterocycles. The van der Waals surface area contributed by atoms with E-state index in [1.807, 2.05) is 42.5 Å². The molecule has 2 aromatic carbocycles. The van der Waals surface area contributed by atoms with Gasteiger partial charge < -0.3 is 19.5 Å². The molecule has 1 atom stereocenters. The predicted molar refractivity (Wildman–Crippen MR) is 140 cm³/mol. The molecule has 35 heavy (non-hydrogen) atoms. The molecule has 6 nitrogen and oxygen atoms in total. The van der Waals surface area contributed by atoms with Gasteiger partial charge in [0, 0.05) is 44.4 Å². The van der Waals surface area contributed by atoms with E-state index in [1.54, 1.807) is 17.1 Å². The summed E-state index contributed by atoms with van der Waals surface area (Å²) in [5, 5.41) is 11.7. The summed E-state index contributed by atoms with van der Waals surface area (Å²) in [6.45, 7) is 4.62. The van der Waals surface area contributed by atoms with Crippen LogP contribution in [0, 0.1) is 0 Å². The zero-order valence-corrected chi connectivity index (χ0v) is 21.0. The molecule has 186 valence electrons. The lowest BCUT2D eigenvalue weighted by molar-refractivity contribution is -0.129. The first-order valence-corrected chi connectivity index (χ1v) is 12.6. The van der Waals surface area contributed by atoms with Crippen molar-refractivity contribution >= 4 is 40.8 Å². The third-order valence-corrected chi connectivity index (χ3v) is 6.87. The number of amides is 1. The minimum Gasteiger partial charge on any atom is -0.490 e. The molecule has 2 aliphatic rings. The average Bonchev–Trinajstić information content (AvgIpc) is 2.89. The standard InChI is InChI=1S/C27H30Cl2N2O4/c28-24-7-5-22(17-25(24)29)20-9-11-30(12-10-20)18-23(32)19-35-26-4-2-1-3-21(26)6-8-27(33)31-13-15-34-16-14-31/h1-9,17,23,32H,10-16,18-19H2. The van der Waals surface area contributed by atoms with E-state index in [1.165, 1.54) is 5.57 Å². The number of morpholine rings is 1. The normalized spacial score (nSPS) is 17.9. The summed E-state index contributed by atoms with van der Waals surface area (Å²) in [6.07, 6.45) is 5.73. The highest BCUT2D eigenvalue weighted by Crippen LogP contribution is 2.29. The van der Waals surface area contributed by atoms with Gasteiger partial charge in [-0.2, -0.15) is 0 Å². The van der Waals surface area contributed by atoms with Gasteiger partial charge in [-0.1, -0.05) is 53.5 Å². The van der Waals surface area contributed by atoms with Gasteiger partial charge in [0.2, 0.25) is 5.91 Å². The Morgan fingerprint density at radius 1 is 1.11 bits per heavy atom. The number of aliphatic hydroxyl groups is 1. The fourth-order valence-electron chi connectivity index (χ4n) is 4.17. The number of carbonyl (C=O) groups excluding carboxylic acids is 1. The van der Waals surface area contributed by atoms with Crippen LogP contribution in [0.1, 0.15) is 17.5 Å². The van der Waals surface area contributed by atoms with Gasteiger partial charge in [0.05, 0.1) is 23.3 Å². The second kappa shape index (κ2) is 12.6. The van der Waals surface area contributed by atoms with Crippen molar-refractivity contribution in [1.82, 2.24) is 9.80 Å². The number of rotatable bonds is 8. The number of β-amino-alcohol motifs (C(OH)–C–C–N with tert-alkyl or cyclic N) is 1. The Morgan fingerprint density at radius 2 is 1.91 bits per heavy atom. The van der Waals surface area contributed by atoms with Crippen molar-refractivity contribution in [1.29, 1.82) is 0 Å². The van der Waals surface area contributed by atoms with E-state index in [0.29, 0.717) is 48.6 Å². The maximum atomic E-state index is 12.4. The van der Waals surface area contributed by atoms with Crippen molar-refractivity contribution in [3.05, 3.63) is 75.8 Å². The van der Waals surface area contributed by atoms with Crippen molar-refractivity contribution in [3.63, 3.8) is 0 Å². The Balaban J connectivity index is 1.27. The first-order chi connectivity index (χ1) is 17.0. The molecular weight excluding hydrogens is 487 g/mol. The Kier molecular flexibility index (Phi) is 9.24. The summed E-state index contributed by atoms with van der Waals surface area (Å²) in [4.78, 5) is 16.4. The molecule has 0 spiro atoms. The smallest absolute Gasteiger partial charge is 0.246 e. The van der Waals surface area contributed by atoms with Crippen LogP contribution < -0.4 is 4.74 Å². The van der Waals surface area contributed by atoms with Crippen LogP contribution >= 0.6 is 23.2 Å². The minimum absolute atomic E-state index is 0.0402. The quantitative estimate of drug-likeness (QED) is 0.527. The van der Waals surface area contributed by atoms with Crippen LogP contribution in [0.3, 0.4) is 0 Å². The lowest BCUT2D eigenvalue weighted by atomic mass is 9.99. The number of hydrogen-bond acceptors (Lipinski definition) is 5. The monoisotopic (exact) mass is 516 g/mol. The number of hydrogen-bond donors (Lipinski definition) is 1. The number of carbonyl (C=O) groups is 1. The third kappa shape index (κ3) is 7.32. The van der Waals surface area contributed by atoms with E-state index in [4.69, 9.17) is 32.7 Å². The van der Waals surface area contributed by atoms with Gasteiger partial charge in [0.25, 0.3) is 0 Å². The molecule has 0 radical (unpaired) electrons. The fourth-order valence-corrected chi connectivity index (χ4v) is 4.47. The van der Waals surface area contributed by atoms with E-state index in [-0.39, 0.29) is 12.5 Å². The average molecular weight is 517 g/mol. The van der Waals surface area contributed by atoms with Crippen LogP contribution in [0.2, 0.25) is 10.0 Å². The summed E-state index contributed by atoms with van der Waals surface area (Å²) < 4.78 is 11.2. The summed E-state index contributed by atoms with van der Waals surface area (Å²) in [6, 6.07) is 13.2. The highest BCUT2D eigenvalue weighted by atomic mass is 35.5. The number of benzene rings is 2. The molecule has 1 unspecified atom stereocenters. The molecule has 1 amide bonds. The molecule has 2 heterocycles. The lowest BCUT2D eigenvalue weighted by Crippen LogP contribution is -2.39. The Hall–Kier alpha value is -2.35. The van der Waals surface area contributed by atoms with Gasteiger partial charge in [-0.05, 0) is 41.8 Å². The van der Waals surface area contributed by atoms with E-state index in [9.17, 15) is 9.90 Å². The second-order valence-corrected chi connectivity index (χ2v) is 9.46. The second-order valence-electron chi connectivity index (χ2n) is 8.64. The van der Waals surface area contributed by atoms with Crippen LogP contribution in [0.4, 0.5) is 0 Å². The van der Waals surface area contributed by atoms with Gasteiger partial charge in [0.1, 0.15) is 18.5 Å². The Labute approximate surface area is 216 Å². The SMILES string of the molecule is O=C(C=Cc1ccccc1OCC(O)CN1CC=C(c2ccc(Cl)c(Cl)c2)CC1)N1CCOCC1. The maximum Gasteiger partial charge on any atom is 0.246 e. The molecule has 8 heteroatoms. The predicted octanol–water partition coefficient (Wildman–Crippen LogP) is 4.39.